The smallest absolute Gasteiger partial charge is 0.244 e. The summed E-state index contributed by atoms with van der Waals surface area (Å²) >= 11 is 5.99. The minimum absolute atomic E-state index is 0.121. The Bertz CT molecular complexity index is 1380. The summed E-state index contributed by atoms with van der Waals surface area (Å²) < 4.78 is 41.2. The molecule has 4 aromatic rings. The monoisotopic (exact) mass is 456 g/mol. The van der Waals surface area contributed by atoms with Gasteiger partial charge in [-0.25, -0.2) is 12.8 Å². The zero-order chi connectivity index (χ0) is 22.0. The van der Waals surface area contributed by atoms with E-state index in [-0.39, 0.29) is 17.2 Å². The Morgan fingerprint density at radius 3 is 2.55 bits per heavy atom. The average Bonchev–Trinajstić information content (AvgIpc) is 3.07. The molecule has 0 atom stereocenters. The van der Waals surface area contributed by atoms with Gasteiger partial charge in [0.2, 0.25) is 5.91 Å². The highest BCUT2D eigenvalue weighted by Gasteiger charge is 2.22. The van der Waals surface area contributed by atoms with E-state index in [1.165, 1.54) is 24.4 Å². The second-order valence-electron chi connectivity index (χ2n) is 7.09. The number of para-hydroxylation sites is 1. The molecule has 0 aliphatic heterocycles. The fraction of sp³-hybridized carbons (Fsp3) is 0.0870. The first-order chi connectivity index (χ1) is 14.8. The van der Waals surface area contributed by atoms with E-state index in [1.54, 1.807) is 59.2 Å². The van der Waals surface area contributed by atoms with Crippen molar-refractivity contribution in [1.82, 2.24) is 4.57 Å². The van der Waals surface area contributed by atoms with E-state index < -0.39 is 21.6 Å². The van der Waals surface area contributed by atoms with E-state index in [4.69, 9.17) is 11.6 Å². The largest absolute Gasteiger partial charge is 0.337 e. The van der Waals surface area contributed by atoms with Crippen LogP contribution >= 0.6 is 11.6 Å². The average molecular weight is 457 g/mol. The Balaban J connectivity index is 1.65. The molecule has 1 amide bonds. The number of fused-ring (bicyclic) bond motifs is 1. The number of nitrogens with one attached hydrogen (secondary N) is 1. The number of sulfone groups is 1. The topological polar surface area (TPSA) is 68.2 Å². The molecular formula is C23H18ClFN2O3S. The van der Waals surface area contributed by atoms with Crippen LogP contribution in [0.3, 0.4) is 0 Å². The number of benzene rings is 3. The first kappa shape index (κ1) is 21.1. The minimum atomic E-state index is -3.70. The summed E-state index contributed by atoms with van der Waals surface area (Å²) in [5.74, 6) is -1.07. The van der Waals surface area contributed by atoms with Crippen molar-refractivity contribution in [3.8, 4) is 0 Å². The van der Waals surface area contributed by atoms with E-state index in [1.807, 2.05) is 0 Å². The van der Waals surface area contributed by atoms with Crippen molar-refractivity contribution in [2.24, 2.45) is 0 Å². The van der Waals surface area contributed by atoms with Crippen LogP contribution in [0.1, 0.15) is 5.56 Å². The van der Waals surface area contributed by atoms with Gasteiger partial charge in [-0.1, -0.05) is 48.0 Å². The molecule has 0 radical (unpaired) electrons. The van der Waals surface area contributed by atoms with Crippen LogP contribution in [0.2, 0.25) is 5.02 Å². The lowest BCUT2D eigenvalue weighted by Crippen LogP contribution is -2.18. The summed E-state index contributed by atoms with van der Waals surface area (Å²) in [6.07, 6.45) is 1.47. The van der Waals surface area contributed by atoms with Crippen LogP contribution in [-0.4, -0.2) is 18.9 Å². The Morgan fingerprint density at radius 2 is 1.77 bits per heavy atom. The molecule has 0 saturated heterocycles. The molecule has 0 unspecified atom stereocenters. The Kier molecular flexibility index (Phi) is 5.80. The van der Waals surface area contributed by atoms with Crippen LogP contribution in [-0.2, 0) is 26.9 Å². The maximum Gasteiger partial charge on any atom is 0.244 e. The third-order valence-corrected chi connectivity index (χ3v) is 6.70. The van der Waals surface area contributed by atoms with E-state index in [2.05, 4.69) is 5.32 Å². The number of hydrogen-bond donors (Lipinski definition) is 1. The molecule has 5 nitrogen and oxygen atoms in total. The van der Waals surface area contributed by atoms with Crippen LogP contribution in [0.25, 0.3) is 10.9 Å². The fourth-order valence-corrected chi connectivity index (χ4v) is 5.22. The maximum absolute atomic E-state index is 13.4. The van der Waals surface area contributed by atoms with Crippen LogP contribution in [0.15, 0.2) is 83.9 Å². The number of aromatic nitrogens is 1. The van der Waals surface area contributed by atoms with Gasteiger partial charge >= 0.3 is 0 Å². The van der Waals surface area contributed by atoms with Gasteiger partial charge < -0.3 is 9.88 Å². The number of carbonyl (C=O) groups excluding carboxylic acids is 1. The summed E-state index contributed by atoms with van der Waals surface area (Å²) in [5, 5.41) is 3.62. The van der Waals surface area contributed by atoms with Gasteiger partial charge in [0.15, 0.2) is 9.84 Å². The molecule has 0 bridgehead atoms. The van der Waals surface area contributed by atoms with Gasteiger partial charge in [0.1, 0.15) is 12.4 Å². The summed E-state index contributed by atoms with van der Waals surface area (Å²) in [4.78, 5) is 12.6. The summed E-state index contributed by atoms with van der Waals surface area (Å²) in [7, 11) is -3.70. The summed E-state index contributed by atoms with van der Waals surface area (Å²) in [6, 6.07) is 19.3. The lowest BCUT2D eigenvalue weighted by atomic mass is 10.2. The molecular weight excluding hydrogens is 439 g/mol. The van der Waals surface area contributed by atoms with E-state index in [0.29, 0.717) is 27.2 Å². The Morgan fingerprint density at radius 1 is 1.00 bits per heavy atom. The minimum Gasteiger partial charge on any atom is -0.337 e. The van der Waals surface area contributed by atoms with Crippen molar-refractivity contribution in [3.05, 3.63) is 95.4 Å². The van der Waals surface area contributed by atoms with Crippen LogP contribution < -0.4 is 5.32 Å². The predicted octanol–water partition coefficient (Wildman–Crippen LogP) is 5.05. The van der Waals surface area contributed by atoms with Gasteiger partial charge in [-0.15, -0.1) is 0 Å². The third kappa shape index (κ3) is 4.78. The number of hydrogen-bond acceptors (Lipinski definition) is 3. The lowest BCUT2D eigenvalue weighted by Gasteiger charge is -2.07. The molecule has 0 aliphatic carbocycles. The van der Waals surface area contributed by atoms with Gasteiger partial charge in [0.05, 0.1) is 10.6 Å². The third-order valence-electron chi connectivity index (χ3n) is 4.76. The number of anilines is 1. The molecule has 1 heterocycles. The Hall–Kier alpha value is -3.16. The van der Waals surface area contributed by atoms with Crippen molar-refractivity contribution in [1.29, 1.82) is 0 Å². The molecule has 0 spiro atoms. The summed E-state index contributed by atoms with van der Waals surface area (Å²) in [5.41, 5.74) is 1.52. The van der Waals surface area contributed by atoms with Crippen molar-refractivity contribution >= 4 is 43.9 Å². The Labute approximate surface area is 184 Å². The molecule has 0 saturated carbocycles. The number of amides is 1. The highest BCUT2D eigenvalue weighted by atomic mass is 35.5. The van der Waals surface area contributed by atoms with Crippen molar-refractivity contribution in [2.75, 3.05) is 5.32 Å². The van der Waals surface area contributed by atoms with Crippen molar-refractivity contribution < 1.29 is 17.6 Å². The first-order valence-electron chi connectivity index (χ1n) is 9.42. The molecule has 3 aromatic carbocycles. The van der Waals surface area contributed by atoms with Gasteiger partial charge in [-0.3, -0.25) is 4.79 Å². The van der Waals surface area contributed by atoms with Gasteiger partial charge in [-0.05, 0) is 42.0 Å². The normalized spacial score (nSPS) is 11.5. The van der Waals surface area contributed by atoms with Crippen LogP contribution in [0, 0.1) is 5.82 Å². The second-order valence-corrected chi connectivity index (χ2v) is 9.48. The standard InChI is InChI=1S/C23H18ClFN2O3S/c24-17-6-3-5-16(11-17)15-31(29,30)22-13-27(21-10-2-1-9-20(21)22)14-23(28)26-19-8-4-7-18(25)12-19/h1-13H,14-15H2,(H,26,28). The van der Waals surface area contributed by atoms with Crippen molar-refractivity contribution in [3.63, 3.8) is 0 Å². The molecule has 0 fully saturated rings. The SMILES string of the molecule is O=C(Cn1cc(S(=O)(=O)Cc2cccc(Cl)c2)c2ccccc21)Nc1cccc(F)c1. The van der Waals surface area contributed by atoms with E-state index in [0.717, 1.165) is 0 Å². The quantitative estimate of drug-likeness (QED) is 0.441. The molecule has 1 N–H and O–H groups in total. The number of rotatable bonds is 6. The number of halogens is 2. The molecule has 0 aliphatic rings. The maximum atomic E-state index is 13.4. The molecule has 31 heavy (non-hydrogen) atoms. The van der Waals surface area contributed by atoms with E-state index in [9.17, 15) is 17.6 Å². The number of nitrogens with zero attached hydrogens (tertiary/aromatic N) is 1. The van der Waals surface area contributed by atoms with Crippen LogP contribution in [0.4, 0.5) is 10.1 Å². The van der Waals surface area contributed by atoms with E-state index >= 15 is 0 Å². The highest BCUT2D eigenvalue weighted by Crippen LogP contribution is 2.28. The molecule has 158 valence electrons. The highest BCUT2D eigenvalue weighted by molar-refractivity contribution is 7.90. The molecule has 1 aromatic heterocycles. The zero-order valence-corrected chi connectivity index (χ0v) is 17.8. The molecule has 8 heteroatoms. The van der Waals surface area contributed by atoms with Crippen molar-refractivity contribution in [2.45, 2.75) is 17.2 Å². The molecule has 4 rings (SSSR count). The predicted molar refractivity (Wildman–Crippen MR) is 119 cm³/mol. The summed E-state index contributed by atoms with van der Waals surface area (Å²) in [6.45, 7) is -0.121. The lowest BCUT2D eigenvalue weighted by molar-refractivity contribution is -0.116. The van der Waals surface area contributed by atoms with Gasteiger partial charge in [-0.2, -0.15) is 0 Å². The zero-order valence-electron chi connectivity index (χ0n) is 16.3. The first-order valence-corrected chi connectivity index (χ1v) is 11.5. The van der Waals surface area contributed by atoms with Gasteiger partial charge in [0, 0.05) is 27.8 Å². The van der Waals surface area contributed by atoms with Crippen LogP contribution in [0.5, 0.6) is 0 Å². The fourth-order valence-electron chi connectivity index (χ4n) is 3.44. The second kappa shape index (κ2) is 8.53. The van der Waals surface area contributed by atoms with Gasteiger partial charge in [0.25, 0.3) is 0 Å². The number of carbonyl (C=O) groups is 1.